The summed E-state index contributed by atoms with van der Waals surface area (Å²) in [6, 6.07) is 2.62. The molecule has 0 spiro atoms. The highest BCUT2D eigenvalue weighted by Gasteiger charge is 2.23. The van der Waals surface area contributed by atoms with Crippen LogP contribution in [-0.2, 0) is 0 Å². The molecule has 1 saturated heterocycles. The van der Waals surface area contributed by atoms with Crippen LogP contribution in [0, 0.1) is 5.92 Å². The molecular formula is C14H21N3O. The van der Waals surface area contributed by atoms with Gasteiger partial charge in [-0.3, -0.25) is 4.98 Å². The summed E-state index contributed by atoms with van der Waals surface area (Å²) in [6.07, 6.45) is 7.68. The first-order valence-corrected chi connectivity index (χ1v) is 6.83. The highest BCUT2D eigenvalue weighted by atomic mass is 16.5. The van der Waals surface area contributed by atoms with Crippen LogP contribution in [-0.4, -0.2) is 37.8 Å². The summed E-state index contributed by atoms with van der Waals surface area (Å²) in [6.45, 7) is 3.00. The molecule has 0 amide bonds. The maximum atomic E-state index is 5.77. The normalized spacial score (nSPS) is 22.4. The minimum Gasteiger partial charge on any atom is -0.490 e. The van der Waals surface area contributed by atoms with Crippen LogP contribution in [0.25, 0.3) is 0 Å². The molecule has 4 nitrogen and oxygen atoms in total. The van der Waals surface area contributed by atoms with E-state index in [0.717, 1.165) is 37.1 Å². The molecule has 4 heteroatoms. The number of nitrogens with one attached hydrogen (secondary N) is 1. The Morgan fingerprint density at radius 3 is 2.89 bits per heavy atom. The lowest BCUT2D eigenvalue weighted by Crippen LogP contribution is -2.46. The van der Waals surface area contributed by atoms with Crippen molar-refractivity contribution < 1.29 is 4.74 Å². The van der Waals surface area contributed by atoms with Gasteiger partial charge in [0, 0.05) is 25.7 Å². The summed E-state index contributed by atoms with van der Waals surface area (Å²) in [5.41, 5.74) is 1.15. The molecule has 2 fully saturated rings. The van der Waals surface area contributed by atoms with Crippen molar-refractivity contribution in [1.82, 2.24) is 10.3 Å². The fourth-order valence-electron chi connectivity index (χ4n) is 2.18. The molecule has 1 aliphatic carbocycles. The number of rotatable bonds is 6. The van der Waals surface area contributed by atoms with E-state index in [9.17, 15) is 0 Å². The Hall–Kier alpha value is -1.29. The van der Waals surface area contributed by atoms with E-state index in [-0.39, 0.29) is 0 Å². The van der Waals surface area contributed by atoms with E-state index >= 15 is 0 Å². The van der Waals surface area contributed by atoms with Crippen LogP contribution in [0.1, 0.15) is 19.3 Å². The lowest BCUT2D eigenvalue weighted by molar-refractivity contribution is 0.217. The predicted octanol–water partition coefficient (Wildman–Crippen LogP) is 1.67. The number of hydrogen-bond acceptors (Lipinski definition) is 4. The molecule has 0 radical (unpaired) electrons. The minimum atomic E-state index is 0.526. The summed E-state index contributed by atoms with van der Waals surface area (Å²) < 4.78 is 5.77. The van der Waals surface area contributed by atoms with Gasteiger partial charge < -0.3 is 15.0 Å². The Balaban J connectivity index is 1.56. The first-order chi connectivity index (χ1) is 8.81. The number of anilines is 1. The van der Waals surface area contributed by atoms with Crippen molar-refractivity contribution in [2.45, 2.75) is 25.3 Å². The smallest absolute Gasteiger partial charge is 0.139 e. The van der Waals surface area contributed by atoms with Gasteiger partial charge in [-0.05, 0) is 31.7 Å². The molecule has 1 aromatic heterocycles. The molecule has 1 aromatic rings. The van der Waals surface area contributed by atoms with Crippen LogP contribution >= 0.6 is 0 Å². The van der Waals surface area contributed by atoms with Gasteiger partial charge in [0.25, 0.3) is 0 Å². The minimum absolute atomic E-state index is 0.526. The number of nitrogens with zero attached hydrogens (tertiary/aromatic N) is 2. The largest absolute Gasteiger partial charge is 0.490 e. The Bertz CT molecular complexity index is 402. The Labute approximate surface area is 108 Å². The summed E-state index contributed by atoms with van der Waals surface area (Å²) in [5.74, 6) is 1.77. The van der Waals surface area contributed by atoms with Gasteiger partial charge in [-0.15, -0.1) is 0 Å². The van der Waals surface area contributed by atoms with Crippen LogP contribution in [0.15, 0.2) is 18.5 Å². The van der Waals surface area contributed by atoms with Crippen LogP contribution in [0.3, 0.4) is 0 Å². The van der Waals surface area contributed by atoms with E-state index < -0.39 is 0 Å². The lowest BCUT2D eigenvalue weighted by atomic mass is 10.1. The fourth-order valence-corrected chi connectivity index (χ4v) is 2.18. The first-order valence-electron chi connectivity index (χ1n) is 6.83. The van der Waals surface area contributed by atoms with Gasteiger partial charge in [0.05, 0.1) is 18.1 Å². The Morgan fingerprint density at radius 1 is 1.39 bits per heavy atom. The molecule has 0 unspecified atom stereocenters. The third-order valence-electron chi connectivity index (χ3n) is 3.75. The van der Waals surface area contributed by atoms with E-state index in [0.29, 0.717) is 6.04 Å². The first kappa shape index (κ1) is 11.8. The van der Waals surface area contributed by atoms with Crippen LogP contribution < -0.4 is 15.0 Å². The van der Waals surface area contributed by atoms with Crippen molar-refractivity contribution in [3.63, 3.8) is 0 Å². The number of hydrogen-bond donors (Lipinski definition) is 1. The van der Waals surface area contributed by atoms with E-state index in [4.69, 9.17) is 4.74 Å². The summed E-state index contributed by atoms with van der Waals surface area (Å²) in [5, 5.41) is 3.33. The van der Waals surface area contributed by atoms with Crippen molar-refractivity contribution in [2.75, 3.05) is 31.6 Å². The van der Waals surface area contributed by atoms with Gasteiger partial charge in [0.1, 0.15) is 12.4 Å². The topological polar surface area (TPSA) is 37.4 Å². The third kappa shape index (κ3) is 2.93. The van der Waals surface area contributed by atoms with Crippen molar-refractivity contribution in [3.05, 3.63) is 18.5 Å². The molecule has 3 rings (SSSR count). The van der Waals surface area contributed by atoms with E-state index in [2.05, 4.69) is 28.3 Å². The zero-order valence-electron chi connectivity index (χ0n) is 10.9. The zero-order chi connectivity index (χ0) is 12.4. The maximum absolute atomic E-state index is 5.77. The molecule has 1 atom stereocenters. The van der Waals surface area contributed by atoms with Gasteiger partial charge in [-0.25, -0.2) is 0 Å². The molecule has 18 heavy (non-hydrogen) atoms. The number of pyridine rings is 1. The molecule has 0 aromatic carbocycles. The molecule has 1 aliphatic heterocycles. The van der Waals surface area contributed by atoms with Crippen molar-refractivity contribution in [2.24, 2.45) is 5.92 Å². The number of ether oxygens (including phenoxy) is 1. The second-order valence-corrected chi connectivity index (χ2v) is 5.45. The third-order valence-corrected chi connectivity index (χ3v) is 3.75. The standard InChI is InChI=1S/C14H21N3O/c1-17(9-11-2-3-11)13-6-14(8-15-7-13)18-10-12-4-5-16-12/h6-8,11-12,16H,2-5,9-10H2,1H3/t12-/m0/s1. The maximum Gasteiger partial charge on any atom is 0.139 e. The van der Waals surface area contributed by atoms with E-state index in [1.54, 1.807) is 6.20 Å². The van der Waals surface area contributed by atoms with E-state index in [1.807, 2.05) is 6.20 Å². The summed E-state index contributed by atoms with van der Waals surface area (Å²) in [7, 11) is 2.13. The van der Waals surface area contributed by atoms with Gasteiger partial charge in [0.2, 0.25) is 0 Å². The molecule has 1 saturated carbocycles. The van der Waals surface area contributed by atoms with Gasteiger partial charge in [-0.2, -0.15) is 0 Å². The van der Waals surface area contributed by atoms with Gasteiger partial charge in [-0.1, -0.05) is 0 Å². The molecule has 98 valence electrons. The van der Waals surface area contributed by atoms with Crippen LogP contribution in [0.4, 0.5) is 5.69 Å². The molecule has 2 aliphatic rings. The summed E-state index contributed by atoms with van der Waals surface area (Å²) >= 11 is 0. The average molecular weight is 247 g/mol. The number of aromatic nitrogens is 1. The molecule has 1 N–H and O–H groups in total. The molecule has 2 heterocycles. The second kappa shape index (κ2) is 5.14. The fraction of sp³-hybridized carbons (Fsp3) is 0.643. The van der Waals surface area contributed by atoms with Crippen molar-refractivity contribution in [1.29, 1.82) is 0 Å². The van der Waals surface area contributed by atoms with Crippen molar-refractivity contribution in [3.8, 4) is 5.75 Å². The average Bonchev–Trinajstić information content (AvgIpc) is 3.11. The quantitative estimate of drug-likeness (QED) is 0.829. The highest BCUT2D eigenvalue weighted by Crippen LogP contribution is 2.31. The zero-order valence-corrected chi connectivity index (χ0v) is 10.9. The Morgan fingerprint density at radius 2 is 2.22 bits per heavy atom. The van der Waals surface area contributed by atoms with Gasteiger partial charge in [0.15, 0.2) is 0 Å². The predicted molar refractivity (Wildman–Crippen MR) is 72.1 cm³/mol. The summed E-state index contributed by atoms with van der Waals surface area (Å²) in [4.78, 5) is 6.55. The molecule has 0 bridgehead atoms. The lowest BCUT2D eigenvalue weighted by Gasteiger charge is -2.27. The SMILES string of the molecule is CN(CC1CC1)c1cncc(OC[C@@H]2CCN2)c1. The Kier molecular flexibility index (Phi) is 3.37. The monoisotopic (exact) mass is 247 g/mol. The van der Waals surface area contributed by atoms with Crippen LogP contribution in [0.2, 0.25) is 0 Å². The molecular weight excluding hydrogens is 226 g/mol. The van der Waals surface area contributed by atoms with Gasteiger partial charge >= 0.3 is 0 Å². The van der Waals surface area contributed by atoms with E-state index in [1.165, 1.54) is 19.3 Å². The van der Waals surface area contributed by atoms with Crippen molar-refractivity contribution >= 4 is 5.69 Å². The van der Waals surface area contributed by atoms with Crippen LogP contribution in [0.5, 0.6) is 5.75 Å². The highest BCUT2D eigenvalue weighted by molar-refractivity contribution is 5.47. The second-order valence-electron chi connectivity index (χ2n) is 5.45.